The van der Waals surface area contributed by atoms with E-state index in [1.807, 2.05) is 0 Å². The van der Waals surface area contributed by atoms with Gasteiger partial charge in [-0.25, -0.2) is 9.36 Å². The summed E-state index contributed by atoms with van der Waals surface area (Å²) in [4.78, 5) is 24.4. The maximum atomic E-state index is 13.1. The van der Waals surface area contributed by atoms with Crippen LogP contribution in [-0.2, 0) is 12.6 Å². The zero-order chi connectivity index (χ0) is 18.0. The highest BCUT2D eigenvalue weighted by Gasteiger charge is 2.33. The Bertz CT molecular complexity index is 955. The average molecular weight is 347 g/mol. The zero-order valence-electron chi connectivity index (χ0n) is 12.8. The average Bonchev–Trinajstić information content (AvgIpc) is 2.97. The van der Waals surface area contributed by atoms with Crippen LogP contribution in [0.25, 0.3) is 11.3 Å². The number of nitrogens with zero attached hydrogens (tertiary/aromatic N) is 1. The minimum atomic E-state index is -4.58. The van der Waals surface area contributed by atoms with Gasteiger partial charge in [0.25, 0.3) is 0 Å². The van der Waals surface area contributed by atoms with Crippen LogP contribution in [0.1, 0.15) is 15.9 Å². The largest absolute Gasteiger partial charge is 0.426 e. The predicted octanol–water partition coefficient (Wildman–Crippen LogP) is 4.01. The van der Waals surface area contributed by atoms with Crippen LogP contribution in [0.15, 0.2) is 70.1 Å². The van der Waals surface area contributed by atoms with Gasteiger partial charge in [0.15, 0.2) is 0 Å². The molecular weight excluding hydrogens is 335 g/mol. The van der Waals surface area contributed by atoms with Crippen molar-refractivity contribution in [3.63, 3.8) is 0 Å². The third-order valence-corrected chi connectivity index (χ3v) is 3.68. The SMILES string of the molecule is O=C(Cc1ccccc1C(F)(F)F)n1c(-c2ccccc2)coc1=O. The highest BCUT2D eigenvalue weighted by atomic mass is 19.4. The first-order valence-electron chi connectivity index (χ1n) is 7.32. The van der Waals surface area contributed by atoms with Crippen molar-refractivity contribution in [1.29, 1.82) is 0 Å². The van der Waals surface area contributed by atoms with E-state index in [0.717, 1.165) is 16.9 Å². The standard InChI is InChI=1S/C18H12F3NO3/c19-18(20,21)14-9-5-4-8-13(14)10-16(23)22-15(11-25-17(22)24)12-6-2-1-3-7-12/h1-9,11H,10H2. The number of carbonyl (C=O) groups is 1. The molecule has 0 aliphatic heterocycles. The Balaban J connectivity index is 2.00. The molecule has 1 heterocycles. The lowest BCUT2D eigenvalue weighted by Crippen LogP contribution is -2.26. The van der Waals surface area contributed by atoms with Gasteiger partial charge in [-0.05, 0) is 11.6 Å². The zero-order valence-corrected chi connectivity index (χ0v) is 12.8. The van der Waals surface area contributed by atoms with E-state index in [4.69, 9.17) is 4.42 Å². The number of carbonyl (C=O) groups excluding carboxylic acids is 1. The van der Waals surface area contributed by atoms with Crippen LogP contribution in [-0.4, -0.2) is 10.5 Å². The Morgan fingerprint density at radius 1 is 1.00 bits per heavy atom. The predicted molar refractivity (Wildman–Crippen MR) is 84.2 cm³/mol. The number of benzene rings is 2. The smallest absolute Gasteiger partial charge is 0.415 e. The summed E-state index contributed by atoms with van der Waals surface area (Å²) < 4.78 is 44.7. The third kappa shape index (κ3) is 3.40. The van der Waals surface area contributed by atoms with Crippen molar-refractivity contribution in [3.05, 3.63) is 82.5 Å². The van der Waals surface area contributed by atoms with Crippen molar-refractivity contribution in [1.82, 2.24) is 4.57 Å². The van der Waals surface area contributed by atoms with Crippen LogP contribution in [0.2, 0.25) is 0 Å². The van der Waals surface area contributed by atoms with Gasteiger partial charge in [0.2, 0.25) is 5.91 Å². The summed E-state index contributed by atoms with van der Waals surface area (Å²) in [6.45, 7) is 0. The molecule has 0 atom stereocenters. The fourth-order valence-electron chi connectivity index (χ4n) is 2.55. The summed E-state index contributed by atoms with van der Waals surface area (Å²) in [6, 6.07) is 13.3. The fraction of sp³-hybridized carbons (Fsp3) is 0.111. The Kier molecular flexibility index (Phi) is 4.31. The topological polar surface area (TPSA) is 52.2 Å². The molecule has 0 spiro atoms. The van der Waals surface area contributed by atoms with Gasteiger partial charge >= 0.3 is 11.9 Å². The molecule has 0 aliphatic carbocycles. The first kappa shape index (κ1) is 16.8. The number of oxazole rings is 1. The molecule has 0 saturated carbocycles. The summed E-state index contributed by atoms with van der Waals surface area (Å²) in [5.74, 6) is -1.73. The molecule has 0 N–H and O–H groups in total. The van der Waals surface area contributed by atoms with E-state index in [1.54, 1.807) is 30.3 Å². The summed E-state index contributed by atoms with van der Waals surface area (Å²) >= 11 is 0. The van der Waals surface area contributed by atoms with Gasteiger partial charge in [-0.3, -0.25) is 4.79 Å². The second-order valence-electron chi connectivity index (χ2n) is 5.31. The highest BCUT2D eigenvalue weighted by Crippen LogP contribution is 2.32. The molecule has 4 nitrogen and oxygen atoms in total. The minimum absolute atomic E-state index is 0.195. The quantitative estimate of drug-likeness (QED) is 0.719. The molecule has 1 aromatic heterocycles. The summed E-state index contributed by atoms with van der Waals surface area (Å²) in [6.07, 6.45) is -4.04. The molecule has 0 amide bonds. The normalized spacial score (nSPS) is 11.5. The van der Waals surface area contributed by atoms with Crippen molar-refractivity contribution in [3.8, 4) is 11.3 Å². The first-order chi connectivity index (χ1) is 11.9. The Hall–Kier alpha value is -3.09. The first-order valence-corrected chi connectivity index (χ1v) is 7.32. The van der Waals surface area contributed by atoms with E-state index >= 15 is 0 Å². The molecule has 128 valence electrons. The highest BCUT2D eigenvalue weighted by molar-refractivity contribution is 5.85. The van der Waals surface area contributed by atoms with Crippen molar-refractivity contribution in [2.75, 3.05) is 0 Å². The van der Waals surface area contributed by atoms with Crippen LogP contribution in [0.5, 0.6) is 0 Å². The number of rotatable bonds is 3. The summed E-state index contributed by atoms with van der Waals surface area (Å²) in [7, 11) is 0. The van der Waals surface area contributed by atoms with E-state index in [9.17, 15) is 22.8 Å². The van der Waals surface area contributed by atoms with Gasteiger partial charge in [-0.15, -0.1) is 0 Å². The van der Waals surface area contributed by atoms with Gasteiger partial charge in [-0.1, -0.05) is 48.5 Å². The van der Waals surface area contributed by atoms with Crippen LogP contribution in [0, 0.1) is 0 Å². The van der Waals surface area contributed by atoms with Crippen molar-refractivity contribution in [2.24, 2.45) is 0 Å². The molecule has 2 aromatic carbocycles. The third-order valence-electron chi connectivity index (χ3n) is 3.68. The molecule has 0 aliphatic rings. The Morgan fingerprint density at radius 3 is 2.32 bits per heavy atom. The Morgan fingerprint density at radius 2 is 1.64 bits per heavy atom. The van der Waals surface area contributed by atoms with E-state index in [2.05, 4.69) is 0 Å². The second-order valence-corrected chi connectivity index (χ2v) is 5.31. The van der Waals surface area contributed by atoms with E-state index in [1.165, 1.54) is 18.2 Å². The molecule has 0 fully saturated rings. The maximum absolute atomic E-state index is 13.1. The monoisotopic (exact) mass is 347 g/mol. The molecular formula is C18H12F3NO3. The fourth-order valence-corrected chi connectivity index (χ4v) is 2.55. The number of hydrogen-bond donors (Lipinski definition) is 0. The molecule has 25 heavy (non-hydrogen) atoms. The lowest BCUT2D eigenvalue weighted by atomic mass is 10.0. The van der Waals surface area contributed by atoms with Gasteiger partial charge < -0.3 is 4.42 Å². The second kappa shape index (κ2) is 6.43. The molecule has 7 heteroatoms. The molecule has 3 rings (SSSR count). The summed E-state index contributed by atoms with van der Waals surface area (Å²) in [5.41, 5.74) is -0.362. The number of aromatic nitrogens is 1. The van der Waals surface area contributed by atoms with Crippen LogP contribution < -0.4 is 5.76 Å². The van der Waals surface area contributed by atoms with Crippen LogP contribution in [0.3, 0.4) is 0 Å². The maximum Gasteiger partial charge on any atom is 0.426 e. The van der Waals surface area contributed by atoms with Crippen LogP contribution >= 0.6 is 0 Å². The number of alkyl halides is 3. The van der Waals surface area contributed by atoms with Gasteiger partial charge in [0.1, 0.15) is 6.26 Å². The van der Waals surface area contributed by atoms with Gasteiger partial charge in [-0.2, -0.15) is 13.2 Å². The van der Waals surface area contributed by atoms with Crippen molar-refractivity contribution < 1.29 is 22.4 Å². The molecule has 3 aromatic rings. The molecule has 0 radical (unpaired) electrons. The van der Waals surface area contributed by atoms with E-state index in [-0.39, 0.29) is 11.3 Å². The summed E-state index contributed by atoms with van der Waals surface area (Å²) in [5, 5.41) is 0. The lowest BCUT2D eigenvalue weighted by molar-refractivity contribution is -0.138. The molecule has 0 bridgehead atoms. The molecule has 0 unspecified atom stereocenters. The van der Waals surface area contributed by atoms with Crippen molar-refractivity contribution >= 4 is 5.91 Å². The number of halogens is 3. The van der Waals surface area contributed by atoms with Gasteiger partial charge in [0.05, 0.1) is 17.7 Å². The van der Waals surface area contributed by atoms with Gasteiger partial charge in [0, 0.05) is 5.56 Å². The minimum Gasteiger partial charge on any atom is -0.415 e. The number of hydrogen-bond acceptors (Lipinski definition) is 3. The lowest BCUT2D eigenvalue weighted by Gasteiger charge is -2.12. The Labute approximate surface area is 140 Å². The molecule has 0 saturated heterocycles. The van der Waals surface area contributed by atoms with E-state index < -0.39 is 29.8 Å². The van der Waals surface area contributed by atoms with E-state index in [0.29, 0.717) is 5.56 Å². The van der Waals surface area contributed by atoms with Crippen LogP contribution in [0.4, 0.5) is 13.2 Å². The van der Waals surface area contributed by atoms with Crippen molar-refractivity contribution in [2.45, 2.75) is 12.6 Å².